The molecule has 1 aromatic heterocycles. The summed E-state index contributed by atoms with van der Waals surface area (Å²) < 4.78 is 57.7. The molecule has 0 saturated carbocycles. The molecule has 0 amide bonds. The first-order chi connectivity index (χ1) is 9.84. The van der Waals surface area contributed by atoms with Crippen LogP contribution in [0.1, 0.15) is 16.8 Å². The SMILES string of the molecule is Cn1ncc(COc2cccc(F)c2C#N)c1C(F)(F)F. The Morgan fingerprint density at radius 3 is 2.71 bits per heavy atom. The highest BCUT2D eigenvalue weighted by Gasteiger charge is 2.37. The maximum absolute atomic E-state index is 13.3. The van der Waals surface area contributed by atoms with Crippen molar-refractivity contribution in [1.82, 2.24) is 9.78 Å². The molecule has 0 atom stereocenters. The fourth-order valence-corrected chi connectivity index (χ4v) is 1.84. The molecule has 0 spiro atoms. The van der Waals surface area contributed by atoms with E-state index in [-0.39, 0.29) is 16.9 Å². The highest BCUT2D eigenvalue weighted by Crippen LogP contribution is 2.32. The summed E-state index contributed by atoms with van der Waals surface area (Å²) in [4.78, 5) is 0. The quantitative estimate of drug-likeness (QED) is 0.819. The lowest BCUT2D eigenvalue weighted by atomic mass is 10.2. The third-order valence-electron chi connectivity index (χ3n) is 2.75. The van der Waals surface area contributed by atoms with E-state index >= 15 is 0 Å². The number of ether oxygens (including phenoxy) is 1. The van der Waals surface area contributed by atoms with Crippen molar-refractivity contribution in [3.63, 3.8) is 0 Å². The average molecular weight is 299 g/mol. The summed E-state index contributed by atoms with van der Waals surface area (Å²) in [5.74, 6) is -0.910. The minimum Gasteiger partial charge on any atom is -0.487 e. The van der Waals surface area contributed by atoms with Crippen LogP contribution in [-0.4, -0.2) is 9.78 Å². The van der Waals surface area contributed by atoms with Gasteiger partial charge >= 0.3 is 6.18 Å². The van der Waals surface area contributed by atoms with Gasteiger partial charge in [0.1, 0.15) is 35.5 Å². The maximum Gasteiger partial charge on any atom is 0.433 e. The topological polar surface area (TPSA) is 50.8 Å². The summed E-state index contributed by atoms with van der Waals surface area (Å²) in [6.07, 6.45) is -3.56. The summed E-state index contributed by atoms with van der Waals surface area (Å²) in [5, 5.41) is 12.4. The molecular weight excluding hydrogens is 290 g/mol. The fourth-order valence-electron chi connectivity index (χ4n) is 1.84. The van der Waals surface area contributed by atoms with Gasteiger partial charge in [0, 0.05) is 12.6 Å². The molecule has 1 aromatic carbocycles. The molecule has 1 heterocycles. The smallest absolute Gasteiger partial charge is 0.433 e. The first kappa shape index (κ1) is 14.8. The van der Waals surface area contributed by atoms with Crippen molar-refractivity contribution in [2.75, 3.05) is 0 Å². The number of nitriles is 1. The third-order valence-corrected chi connectivity index (χ3v) is 2.75. The van der Waals surface area contributed by atoms with E-state index in [9.17, 15) is 17.6 Å². The zero-order valence-electron chi connectivity index (χ0n) is 10.8. The summed E-state index contributed by atoms with van der Waals surface area (Å²) >= 11 is 0. The number of aromatic nitrogens is 2. The van der Waals surface area contributed by atoms with Crippen LogP contribution in [0.3, 0.4) is 0 Å². The first-order valence-electron chi connectivity index (χ1n) is 5.74. The van der Waals surface area contributed by atoms with Crippen molar-refractivity contribution >= 4 is 0 Å². The number of aryl methyl sites for hydroxylation is 1. The highest BCUT2D eigenvalue weighted by atomic mass is 19.4. The highest BCUT2D eigenvalue weighted by molar-refractivity contribution is 5.43. The number of nitrogens with zero attached hydrogens (tertiary/aromatic N) is 3. The summed E-state index contributed by atoms with van der Waals surface area (Å²) in [7, 11) is 1.16. The minimum atomic E-state index is -4.58. The van der Waals surface area contributed by atoms with Crippen molar-refractivity contribution in [2.45, 2.75) is 12.8 Å². The Labute approximate surface area is 117 Å². The second-order valence-corrected chi connectivity index (χ2v) is 4.15. The van der Waals surface area contributed by atoms with E-state index < -0.39 is 24.3 Å². The van der Waals surface area contributed by atoms with Crippen LogP contribution in [0.25, 0.3) is 0 Å². The number of halogens is 4. The zero-order valence-corrected chi connectivity index (χ0v) is 10.8. The number of benzene rings is 1. The van der Waals surface area contributed by atoms with E-state index in [0.717, 1.165) is 19.3 Å². The van der Waals surface area contributed by atoms with E-state index in [2.05, 4.69) is 5.10 Å². The number of rotatable bonds is 3. The molecule has 8 heteroatoms. The van der Waals surface area contributed by atoms with Gasteiger partial charge in [-0.15, -0.1) is 0 Å². The van der Waals surface area contributed by atoms with Gasteiger partial charge in [0.05, 0.1) is 6.20 Å². The van der Waals surface area contributed by atoms with Crippen LogP contribution in [0.5, 0.6) is 5.75 Å². The van der Waals surface area contributed by atoms with Crippen molar-refractivity contribution in [1.29, 1.82) is 5.26 Å². The zero-order chi connectivity index (χ0) is 15.6. The Morgan fingerprint density at radius 2 is 2.10 bits per heavy atom. The lowest BCUT2D eigenvalue weighted by Crippen LogP contribution is -2.15. The van der Waals surface area contributed by atoms with E-state index in [0.29, 0.717) is 4.68 Å². The van der Waals surface area contributed by atoms with E-state index in [1.807, 2.05) is 0 Å². The second kappa shape index (κ2) is 5.44. The van der Waals surface area contributed by atoms with E-state index in [1.54, 1.807) is 6.07 Å². The molecule has 2 aromatic rings. The molecule has 0 radical (unpaired) electrons. The Balaban J connectivity index is 2.27. The van der Waals surface area contributed by atoms with Crippen LogP contribution in [0.15, 0.2) is 24.4 Å². The van der Waals surface area contributed by atoms with Crippen LogP contribution in [0.2, 0.25) is 0 Å². The standard InChI is InChI=1S/C13H9F4N3O/c1-20-12(13(15,16)17)8(6-19-20)7-21-11-4-2-3-10(14)9(11)5-18/h2-4,6H,7H2,1H3. The van der Waals surface area contributed by atoms with Crippen LogP contribution in [0, 0.1) is 17.1 Å². The molecule has 0 aliphatic carbocycles. The van der Waals surface area contributed by atoms with Crippen molar-refractivity contribution in [3.8, 4) is 11.8 Å². The monoisotopic (exact) mass is 299 g/mol. The minimum absolute atomic E-state index is 0.116. The molecule has 2 rings (SSSR count). The largest absolute Gasteiger partial charge is 0.487 e. The Bertz CT molecular complexity index is 700. The van der Waals surface area contributed by atoms with Crippen LogP contribution < -0.4 is 4.74 Å². The van der Waals surface area contributed by atoms with Gasteiger partial charge in [0.25, 0.3) is 0 Å². The van der Waals surface area contributed by atoms with Gasteiger partial charge in [-0.3, -0.25) is 4.68 Å². The van der Waals surface area contributed by atoms with Crippen LogP contribution >= 0.6 is 0 Å². The van der Waals surface area contributed by atoms with Crippen LogP contribution in [0.4, 0.5) is 17.6 Å². The van der Waals surface area contributed by atoms with Crippen molar-refractivity contribution in [3.05, 3.63) is 47.0 Å². The molecule has 21 heavy (non-hydrogen) atoms. The molecule has 0 aliphatic rings. The van der Waals surface area contributed by atoms with Gasteiger partial charge in [-0.05, 0) is 12.1 Å². The fraction of sp³-hybridized carbons (Fsp3) is 0.231. The number of hydrogen-bond acceptors (Lipinski definition) is 3. The maximum atomic E-state index is 13.3. The number of alkyl halides is 3. The molecule has 0 unspecified atom stereocenters. The molecule has 0 aliphatic heterocycles. The van der Waals surface area contributed by atoms with Gasteiger partial charge < -0.3 is 4.74 Å². The van der Waals surface area contributed by atoms with Gasteiger partial charge in [0.2, 0.25) is 0 Å². The lowest BCUT2D eigenvalue weighted by molar-refractivity contribution is -0.144. The summed E-state index contributed by atoms with van der Waals surface area (Å²) in [5.41, 5.74) is -1.49. The predicted molar refractivity (Wildman–Crippen MR) is 63.7 cm³/mol. The van der Waals surface area contributed by atoms with Crippen LogP contribution in [-0.2, 0) is 19.8 Å². The van der Waals surface area contributed by atoms with Gasteiger partial charge in [0.15, 0.2) is 0 Å². The van der Waals surface area contributed by atoms with Gasteiger partial charge in [-0.25, -0.2) is 4.39 Å². The van der Waals surface area contributed by atoms with Crippen molar-refractivity contribution < 1.29 is 22.3 Å². The third kappa shape index (κ3) is 2.97. The molecule has 4 nitrogen and oxygen atoms in total. The normalized spacial score (nSPS) is 11.2. The Kier molecular flexibility index (Phi) is 3.84. The Hall–Kier alpha value is -2.56. The van der Waals surface area contributed by atoms with Gasteiger partial charge in [-0.1, -0.05) is 6.07 Å². The molecule has 0 N–H and O–H groups in total. The summed E-state index contributed by atoms with van der Waals surface area (Å²) in [6.45, 7) is -0.471. The summed E-state index contributed by atoms with van der Waals surface area (Å²) in [6, 6.07) is 5.29. The van der Waals surface area contributed by atoms with E-state index in [4.69, 9.17) is 10.00 Å². The molecule has 0 bridgehead atoms. The van der Waals surface area contributed by atoms with Gasteiger partial charge in [-0.2, -0.15) is 23.5 Å². The predicted octanol–water partition coefficient (Wildman–Crippen LogP) is 3.03. The number of hydrogen-bond donors (Lipinski definition) is 0. The lowest BCUT2D eigenvalue weighted by Gasteiger charge is -2.11. The molecular formula is C13H9F4N3O. The van der Waals surface area contributed by atoms with Crippen molar-refractivity contribution in [2.24, 2.45) is 7.05 Å². The first-order valence-corrected chi connectivity index (χ1v) is 5.74. The molecule has 0 fully saturated rings. The average Bonchev–Trinajstić information content (AvgIpc) is 2.77. The van der Waals surface area contributed by atoms with E-state index in [1.165, 1.54) is 12.1 Å². The second-order valence-electron chi connectivity index (χ2n) is 4.15. The molecule has 110 valence electrons. The molecule has 0 saturated heterocycles. The Morgan fingerprint density at radius 1 is 1.38 bits per heavy atom.